The maximum Gasteiger partial charge on any atom is 0.337 e. The number of aromatic nitrogens is 1. The van der Waals surface area contributed by atoms with E-state index in [1.54, 1.807) is 35.6 Å². The van der Waals surface area contributed by atoms with Crippen molar-refractivity contribution in [2.24, 2.45) is 0 Å². The fraction of sp³-hybridized carbons (Fsp3) is 0.118. The molecule has 0 radical (unpaired) electrons. The number of esters is 1. The van der Waals surface area contributed by atoms with Crippen molar-refractivity contribution in [3.05, 3.63) is 58.4 Å². The number of hydrogen-bond donors (Lipinski definition) is 1. The van der Waals surface area contributed by atoms with Crippen LogP contribution < -0.4 is 5.32 Å². The summed E-state index contributed by atoms with van der Waals surface area (Å²) < 4.78 is 4.67. The Morgan fingerprint density at radius 1 is 1.21 bits per heavy atom. The van der Waals surface area contributed by atoms with Crippen molar-refractivity contribution in [2.45, 2.75) is 6.42 Å². The zero-order valence-electron chi connectivity index (χ0n) is 12.8. The van der Waals surface area contributed by atoms with Gasteiger partial charge < -0.3 is 10.1 Å². The minimum atomic E-state index is -0.439. The third kappa shape index (κ3) is 3.87. The zero-order chi connectivity index (χ0) is 16.9. The molecule has 0 atom stereocenters. The van der Waals surface area contributed by atoms with Crippen molar-refractivity contribution in [2.75, 3.05) is 12.4 Å². The molecule has 1 aromatic carbocycles. The van der Waals surface area contributed by atoms with Crippen molar-refractivity contribution < 1.29 is 14.3 Å². The molecule has 0 aliphatic heterocycles. The van der Waals surface area contributed by atoms with Crippen LogP contribution in [0.4, 0.5) is 5.69 Å². The highest BCUT2D eigenvalue weighted by Crippen LogP contribution is 2.28. The first-order valence-corrected chi connectivity index (χ1v) is 8.88. The topological polar surface area (TPSA) is 68.3 Å². The molecule has 5 nitrogen and oxygen atoms in total. The number of methoxy groups -OCH3 is 1. The van der Waals surface area contributed by atoms with E-state index < -0.39 is 5.97 Å². The summed E-state index contributed by atoms with van der Waals surface area (Å²) in [5.74, 6) is -0.619. The molecule has 122 valence electrons. The number of carbonyl (C=O) groups is 2. The smallest absolute Gasteiger partial charge is 0.337 e. The standard InChI is InChI=1S/C17H14N2O3S2/c1-22-17(21)11-4-2-5-12(8-11)18-15(20)9-13-10-24-16(19-13)14-6-3-7-23-14/h2-8,10H,9H2,1H3,(H,18,20). The summed E-state index contributed by atoms with van der Waals surface area (Å²) in [7, 11) is 1.32. The molecule has 24 heavy (non-hydrogen) atoms. The third-order valence-corrected chi connectivity index (χ3v) is 5.12. The van der Waals surface area contributed by atoms with Crippen LogP contribution in [0.1, 0.15) is 16.1 Å². The summed E-state index contributed by atoms with van der Waals surface area (Å²) >= 11 is 3.14. The Labute approximate surface area is 146 Å². The van der Waals surface area contributed by atoms with Crippen molar-refractivity contribution >= 4 is 40.2 Å². The molecule has 0 saturated heterocycles. The molecule has 7 heteroatoms. The monoisotopic (exact) mass is 358 g/mol. The van der Waals surface area contributed by atoms with Crippen molar-refractivity contribution in [1.29, 1.82) is 0 Å². The molecular weight excluding hydrogens is 344 g/mol. The van der Waals surface area contributed by atoms with E-state index in [0.717, 1.165) is 15.6 Å². The lowest BCUT2D eigenvalue weighted by Gasteiger charge is -2.06. The second-order valence-corrected chi connectivity index (χ2v) is 6.72. The highest BCUT2D eigenvalue weighted by atomic mass is 32.1. The number of anilines is 1. The summed E-state index contributed by atoms with van der Waals surface area (Å²) in [6.45, 7) is 0. The maximum absolute atomic E-state index is 12.2. The van der Waals surface area contributed by atoms with Gasteiger partial charge in [-0.25, -0.2) is 9.78 Å². The van der Waals surface area contributed by atoms with E-state index in [0.29, 0.717) is 11.3 Å². The predicted octanol–water partition coefficient (Wildman–Crippen LogP) is 3.84. The molecule has 3 rings (SSSR count). The van der Waals surface area contributed by atoms with Gasteiger partial charge in [0, 0.05) is 11.1 Å². The molecule has 0 spiro atoms. The summed E-state index contributed by atoms with van der Waals surface area (Å²) in [4.78, 5) is 29.3. The fourth-order valence-electron chi connectivity index (χ4n) is 2.11. The number of thiazole rings is 1. The van der Waals surface area contributed by atoms with Gasteiger partial charge in [-0.15, -0.1) is 22.7 Å². The first kappa shape index (κ1) is 16.4. The number of benzene rings is 1. The van der Waals surface area contributed by atoms with Gasteiger partial charge in [-0.3, -0.25) is 4.79 Å². The number of thiophene rings is 1. The fourth-order valence-corrected chi connectivity index (χ4v) is 3.75. The molecule has 0 bridgehead atoms. The van der Waals surface area contributed by atoms with Crippen molar-refractivity contribution in [3.63, 3.8) is 0 Å². The van der Waals surface area contributed by atoms with Crippen LogP contribution in [0.25, 0.3) is 9.88 Å². The largest absolute Gasteiger partial charge is 0.465 e. The Kier molecular flexibility index (Phi) is 5.02. The third-order valence-electron chi connectivity index (χ3n) is 3.19. The normalized spacial score (nSPS) is 10.4. The van der Waals surface area contributed by atoms with E-state index in [4.69, 9.17) is 0 Å². The van der Waals surface area contributed by atoms with Gasteiger partial charge in [0.15, 0.2) is 0 Å². The van der Waals surface area contributed by atoms with Crippen LogP contribution in [0.2, 0.25) is 0 Å². The van der Waals surface area contributed by atoms with Crippen LogP contribution in [0.3, 0.4) is 0 Å². The van der Waals surface area contributed by atoms with Gasteiger partial charge in [-0.05, 0) is 29.6 Å². The van der Waals surface area contributed by atoms with E-state index in [1.165, 1.54) is 18.4 Å². The SMILES string of the molecule is COC(=O)c1cccc(NC(=O)Cc2csc(-c3cccs3)n2)c1. The number of nitrogens with zero attached hydrogens (tertiary/aromatic N) is 1. The van der Waals surface area contributed by atoms with Crippen LogP contribution >= 0.6 is 22.7 Å². The summed E-state index contributed by atoms with van der Waals surface area (Å²) in [5.41, 5.74) is 1.67. The van der Waals surface area contributed by atoms with Gasteiger partial charge in [0.1, 0.15) is 5.01 Å². The van der Waals surface area contributed by atoms with Crippen LogP contribution in [0, 0.1) is 0 Å². The van der Waals surface area contributed by atoms with Gasteiger partial charge in [0.2, 0.25) is 5.91 Å². The van der Waals surface area contributed by atoms with Crippen LogP contribution in [-0.4, -0.2) is 24.0 Å². The van der Waals surface area contributed by atoms with Gasteiger partial charge in [-0.2, -0.15) is 0 Å². The molecule has 3 aromatic rings. The Hall–Kier alpha value is -2.51. The molecule has 0 aliphatic carbocycles. The lowest BCUT2D eigenvalue weighted by atomic mass is 10.2. The Bertz CT molecular complexity index is 856. The molecule has 1 amide bonds. The minimum Gasteiger partial charge on any atom is -0.465 e. The molecular formula is C17H14N2O3S2. The second-order valence-electron chi connectivity index (χ2n) is 4.92. The lowest BCUT2D eigenvalue weighted by Crippen LogP contribution is -2.15. The molecule has 2 heterocycles. The van der Waals surface area contributed by atoms with E-state index >= 15 is 0 Å². The number of nitrogens with one attached hydrogen (secondary N) is 1. The van der Waals surface area contributed by atoms with E-state index in [9.17, 15) is 9.59 Å². The van der Waals surface area contributed by atoms with E-state index in [-0.39, 0.29) is 12.3 Å². The highest BCUT2D eigenvalue weighted by molar-refractivity contribution is 7.20. The second kappa shape index (κ2) is 7.37. The molecule has 1 N–H and O–H groups in total. The van der Waals surface area contributed by atoms with Crippen molar-refractivity contribution in [1.82, 2.24) is 4.98 Å². The number of amides is 1. The first-order chi connectivity index (χ1) is 11.7. The quantitative estimate of drug-likeness (QED) is 0.704. The van der Waals surface area contributed by atoms with Crippen LogP contribution in [0.5, 0.6) is 0 Å². The van der Waals surface area contributed by atoms with Gasteiger partial charge in [-0.1, -0.05) is 12.1 Å². The Balaban J connectivity index is 1.65. The summed E-state index contributed by atoms with van der Waals surface area (Å²) in [6.07, 6.45) is 0.185. The number of carbonyl (C=O) groups excluding carboxylic acids is 2. The van der Waals surface area contributed by atoms with Crippen molar-refractivity contribution in [3.8, 4) is 9.88 Å². The summed E-state index contributed by atoms with van der Waals surface area (Å²) in [5, 5.41) is 7.58. The predicted molar refractivity (Wildman–Crippen MR) is 95.5 cm³/mol. The van der Waals surface area contributed by atoms with Gasteiger partial charge in [0.25, 0.3) is 0 Å². The minimum absolute atomic E-state index is 0.181. The van der Waals surface area contributed by atoms with Gasteiger partial charge in [0.05, 0.1) is 29.7 Å². The summed E-state index contributed by atoms with van der Waals surface area (Å²) in [6, 6.07) is 10.6. The Morgan fingerprint density at radius 2 is 2.08 bits per heavy atom. The molecule has 0 unspecified atom stereocenters. The average Bonchev–Trinajstić information content (AvgIpc) is 3.25. The highest BCUT2D eigenvalue weighted by Gasteiger charge is 2.11. The molecule has 0 saturated carbocycles. The number of ether oxygens (including phenoxy) is 1. The average molecular weight is 358 g/mol. The molecule has 0 aliphatic rings. The number of hydrogen-bond acceptors (Lipinski definition) is 6. The van der Waals surface area contributed by atoms with Crippen LogP contribution in [0.15, 0.2) is 47.2 Å². The molecule has 0 fully saturated rings. The van der Waals surface area contributed by atoms with Gasteiger partial charge >= 0.3 is 5.97 Å². The van der Waals surface area contributed by atoms with E-state index in [2.05, 4.69) is 15.0 Å². The lowest BCUT2D eigenvalue weighted by molar-refractivity contribution is -0.115. The zero-order valence-corrected chi connectivity index (χ0v) is 14.4. The number of rotatable bonds is 5. The Morgan fingerprint density at radius 3 is 2.83 bits per heavy atom. The maximum atomic E-state index is 12.2. The van der Waals surface area contributed by atoms with E-state index in [1.807, 2.05) is 22.9 Å². The first-order valence-electron chi connectivity index (χ1n) is 7.12. The molecule has 2 aromatic heterocycles. The van der Waals surface area contributed by atoms with Crippen LogP contribution in [-0.2, 0) is 16.0 Å².